The van der Waals surface area contributed by atoms with E-state index in [1.54, 1.807) is 11.1 Å². The maximum Gasteiger partial charge on any atom is 0.243 e. The van der Waals surface area contributed by atoms with Gasteiger partial charge in [-0.05, 0) is 46.9 Å². The van der Waals surface area contributed by atoms with Crippen molar-refractivity contribution in [3.63, 3.8) is 0 Å². The van der Waals surface area contributed by atoms with E-state index >= 15 is 0 Å². The van der Waals surface area contributed by atoms with Gasteiger partial charge in [-0.1, -0.05) is 58.9 Å². The van der Waals surface area contributed by atoms with Crippen molar-refractivity contribution < 1.29 is 9.59 Å². The van der Waals surface area contributed by atoms with E-state index in [-0.39, 0.29) is 23.1 Å². The summed E-state index contributed by atoms with van der Waals surface area (Å²) in [5, 5.41) is 3.10. The highest BCUT2D eigenvalue weighted by Gasteiger charge is 2.33. The fourth-order valence-corrected chi connectivity index (χ4v) is 4.17. The summed E-state index contributed by atoms with van der Waals surface area (Å²) >= 11 is 0. The third-order valence-corrected chi connectivity index (χ3v) is 5.92. The number of nitrogens with zero attached hydrogens (tertiary/aromatic N) is 3. The van der Waals surface area contributed by atoms with Gasteiger partial charge in [0.25, 0.3) is 0 Å². The van der Waals surface area contributed by atoms with Gasteiger partial charge in [0.2, 0.25) is 11.8 Å². The molecule has 3 rings (SSSR count). The van der Waals surface area contributed by atoms with Gasteiger partial charge in [-0.25, -0.2) is 4.98 Å². The Kier molecular flexibility index (Phi) is 7.77. The van der Waals surface area contributed by atoms with Crippen LogP contribution in [0.1, 0.15) is 70.0 Å². The Morgan fingerprint density at radius 2 is 2.00 bits per heavy atom. The molecule has 0 saturated carbocycles. The zero-order valence-corrected chi connectivity index (χ0v) is 20.9. The monoisotopic (exact) mass is 450 g/mol. The number of imidazole rings is 1. The summed E-state index contributed by atoms with van der Waals surface area (Å²) in [5.74, 6) is 0.895. The topological polar surface area (TPSA) is 67.2 Å². The Morgan fingerprint density at radius 1 is 1.24 bits per heavy atom. The van der Waals surface area contributed by atoms with Crippen LogP contribution < -0.4 is 5.32 Å². The highest BCUT2D eigenvalue weighted by atomic mass is 16.2. The van der Waals surface area contributed by atoms with Gasteiger partial charge in [-0.2, -0.15) is 0 Å². The number of fused-ring (bicyclic) bond motifs is 1. The molecule has 0 unspecified atom stereocenters. The quantitative estimate of drug-likeness (QED) is 0.612. The third kappa shape index (κ3) is 6.80. The fraction of sp³-hybridized carbons (Fsp3) is 0.519. The van der Waals surface area contributed by atoms with Crippen LogP contribution in [0.15, 0.2) is 36.7 Å². The first kappa shape index (κ1) is 24.7. The van der Waals surface area contributed by atoms with Crippen LogP contribution in [0, 0.1) is 11.3 Å². The second-order valence-electron chi connectivity index (χ2n) is 10.7. The van der Waals surface area contributed by atoms with E-state index in [0.29, 0.717) is 25.9 Å². The number of hydrogen-bond donors (Lipinski definition) is 1. The predicted molar refractivity (Wildman–Crippen MR) is 132 cm³/mol. The van der Waals surface area contributed by atoms with E-state index in [2.05, 4.69) is 54.5 Å². The lowest BCUT2D eigenvalue weighted by molar-refractivity contribution is -0.143. The number of allylic oxidation sites excluding steroid dienone is 1. The number of hydrogen-bond acceptors (Lipinski definition) is 3. The standard InChI is InChI=1S/C27H38N4O2/c1-19(2)14-23(26(33)29-17-20-10-11-21-8-7-9-22(21)15-20)31(25(32)16-27(3,4)5)18-24-28-12-13-30(24)6/h7,9-13,15,19,23H,8,14,16-18H2,1-6H3,(H,29,33)/t23-/m0/s1. The van der Waals surface area contributed by atoms with Crippen molar-refractivity contribution in [2.45, 2.75) is 73.0 Å². The van der Waals surface area contributed by atoms with Crippen molar-refractivity contribution in [2.75, 3.05) is 0 Å². The molecule has 178 valence electrons. The lowest BCUT2D eigenvalue weighted by atomic mass is 9.90. The van der Waals surface area contributed by atoms with Crippen molar-refractivity contribution in [2.24, 2.45) is 18.4 Å². The third-order valence-electron chi connectivity index (χ3n) is 5.92. The van der Waals surface area contributed by atoms with Gasteiger partial charge in [0.1, 0.15) is 11.9 Å². The second-order valence-corrected chi connectivity index (χ2v) is 10.7. The lowest BCUT2D eigenvalue weighted by Crippen LogP contribution is -2.50. The summed E-state index contributed by atoms with van der Waals surface area (Å²) in [5.41, 5.74) is 3.43. The molecule has 0 radical (unpaired) electrons. The van der Waals surface area contributed by atoms with Gasteiger partial charge >= 0.3 is 0 Å². The van der Waals surface area contributed by atoms with E-state index in [1.165, 1.54) is 11.1 Å². The molecule has 0 spiro atoms. The second kappa shape index (κ2) is 10.4. The summed E-state index contributed by atoms with van der Waals surface area (Å²) < 4.78 is 1.90. The number of carbonyl (C=O) groups excluding carboxylic acids is 2. The number of carbonyl (C=O) groups is 2. The molecule has 6 heteroatoms. The van der Waals surface area contributed by atoms with Crippen LogP contribution >= 0.6 is 0 Å². The summed E-state index contributed by atoms with van der Waals surface area (Å²) in [6.45, 7) is 11.1. The van der Waals surface area contributed by atoms with E-state index in [9.17, 15) is 9.59 Å². The predicted octanol–water partition coefficient (Wildman–Crippen LogP) is 4.49. The summed E-state index contributed by atoms with van der Waals surface area (Å²) in [6.07, 6.45) is 9.80. The van der Waals surface area contributed by atoms with Crippen molar-refractivity contribution in [1.29, 1.82) is 0 Å². The Hall–Kier alpha value is -2.89. The number of rotatable bonds is 9. The smallest absolute Gasteiger partial charge is 0.243 e. The van der Waals surface area contributed by atoms with Gasteiger partial charge in [-0.15, -0.1) is 0 Å². The molecule has 0 bridgehead atoms. The van der Waals surface area contributed by atoms with Crippen LogP contribution in [0.25, 0.3) is 6.08 Å². The first-order valence-electron chi connectivity index (χ1n) is 11.8. The molecule has 1 atom stereocenters. The first-order chi connectivity index (χ1) is 15.5. The average molecular weight is 451 g/mol. The van der Waals surface area contributed by atoms with Crippen molar-refractivity contribution in [3.05, 3.63) is 59.2 Å². The molecular weight excluding hydrogens is 412 g/mol. The van der Waals surface area contributed by atoms with E-state index in [0.717, 1.165) is 17.8 Å². The van der Waals surface area contributed by atoms with Crippen LogP contribution in [0.3, 0.4) is 0 Å². The van der Waals surface area contributed by atoms with Gasteiger partial charge in [0.05, 0.1) is 6.54 Å². The molecule has 0 fully saturated rings. The summed E-state index contributed by atoms with van der Waals surface area (Å²) in [4.78, 5) is 33.0. The van der Waals surface area contributed by atoms with Gasteiger partial charge in [0.15, 0.2) is 0 Å². The van der Waals surface area contributed by atoms with Crippen molar-refractivity contribution >= 4 is 17.9 Å². The average Bonchev–Trinajstić information content (AvgIpc) is 3.35. The Labute approximate surface area is 198 Å². The highest BCUT2D eigenvalue weighted by Crippen LogP contribution is 2.24. The number of nitrogens with one attached hydrogen (secondary N) is 1. The van der Waals surface area contributed by atoms with E-state index < -0.39 is 6.04 Å². The van der Waals surface area contributed by atoms with Gasteiger partial charge in [-0.3, -0.25) is 9.59 Å². The molecular formula is C27H38N4O2. The lowest BCUT2D eigenvalue weighted by Gasteiger charge is -2.34. The molecule has 1 aromatic carbocycles. The van der Waals surface area contributed by atoms with Crippen LogP contribution in [-0.2, 0) is 36.1 Å². The maximum atomic E-state index is 13.5. The molecule has 1 N–H and O–H groups in total. The van der Waals surface area contributed by atoms with E-state index in [4.69, 9.17) is 0 Å². The van der Waals surface area contributed by atoms with Crippen LogP contribution in [0.5, 0.6) is 0 Å². The number of benzene rings is 1. The first-order valence-corrected chi connectivity index (χ1v) is 11.8. The Bertz CT molecular complexity index is 1010. The van der Waals surface area contributed by atoms with E-state index in [1.807, 2.05) is 38.6 Å². The van der Waals surface area contributed by atoms with Crippen molar-refractivity contribution in [1.82, 2.24) is 19.8 Å². The highest BCUT2D eigenvalue weighted by molar-refractivity contribution is 5.88. The van der Waals surface area contributed by atoms with Crippen LogP contribution in [0.2, 0.25) is 0 Å². The normalized spacial score (nSPS) is 13.8. The summed E-state index contributed by atoms with van der Waals surface area (Å²) in [6, 6.07) is 5.78. The molecule has 2 amide bonds. The molecule has 0 aliphatic heterocycles. The SMILES string of the molecule is CC(C)C[C@@H](C(=O)NCc1ccc2c(c1)C=CC2)N(Cc1nccn1C)C(=O)CC(C)(C)C. The number of amides is 2. The maximum absolute atomic E-state index is 13.5. The van der Waals surface area contributed by atoms with Crippen molar-refractivity contribution in [3.8, 4) is 0 Å². The Morgan fingerprint density at radius 3 is 2.64 bits per heavy atom. The largest absolute Gasteiger partial charge is 0.350 e. The molecule has 2 aromatic rings. The molecule has 6 nitrogen and oxygen atoms in total. The molecule has 33 heavy (non-hydrogen) atoms. The van der Waals surface area contributed by atoms with Gasteiger partial charge in [0, 0.05) is 32.4 Å². The van der Waals surface area contributed by atoms with Crippen LogP contribution in [0.4, 0.5) is 0 Å². The minimum absolute atomic E-state index is 0.0195. The minimum Gasteiger partial charge on any atom is -0.350 e. The molecule has 1 aromatic heterocycles. The number of aryl methyl sites for hydroxylation is 1. The molecule has 1 aliphatic rings. The molecule has 1 aliphatic carbocycles. The Balaban J connectivity index is 1.81. The summed E-state index contributed by atoms with van der Waals surface area (Å²) in [7, 11) is 1.91. The fourth-order valence-electron chi connectivity index (χ4n) is 4.17. The minimum atomic E-state index is -0.550. The molecule has 0 saturated heterocycles. The molecule has 1 heterocycles. The van der Waals surface area contributed by atoms with Gasteiger partial charge < -0.3 is 14.8 Å². The zero-order valence-electron chi connectivity index (χ0n) is 20.9. The van der Waals surface area contributed by atoms with Crippen LogP contribution in [-0.4, -0.2) is 32.3 Å². The number of aromatic nitrogens is 2. The zero-order chi connectivity index (χ0) is 24.2.